The molecule has 0 saturated heterocycles. The van der Waals surface area contributed by atoms with Crippen molar-refractivity contribution in [1.82, 2.24) is 9.55 Å². The minimum Gasteiger partial charge on any atom is -0.455 e. The summed E-state index contributed by atoms with van der Waals surface area (Å²) in [6.45, 7) is 10.1. The molecule has 0 aliphatic carbocycles. The number of ether oxygens (including phenoxy) is 1. The number of nitrogens with two attached hydrogens (primary N) is 1. The van der Waals surface area contributed by atoms with Crippen molar-refractivity contribution in [2.45, 2.75) is 52.7 Å². The first-order valence-electron chi connectivity index (χ1n) is 7.82. The first-order chi connectivity index (χ1) is 10.7. The first kappa shape index (κ1) is 17.1. The summed E-state index contributed by atoms with van der Waals surface area (Å²) < 4.78 is 7.36. The van der Waals surface area contributed by atoms with Gasteiger partial charge in [-0.1, -0.05) is 44.2 Å². The summed E-state index contributed by atoms with van der Waals surface area (Å²) in [5, 5.41) is 0. The SMILES string of the molecule is CC(C)c1nc(N)c(C(=O)OC(C)(C)C)n1Cc1ccccc1. The molecule has 2 aromatic rings. The molecule has 0 amide bonds. The molecule has 1 aromatic carbocycles. The minimum absolute atomic E-state index is 0.150. The predicted molar refractivity (Wildman–Crippen MR) is 91.4 cm³/mol. The molecule has 0 saturated carbocycles. The summed E-state index contributed by atoms with van der Waals surface area (Å²) in [6, 6.07) is 9.93. The molecule has 2 N–H and O–H groups in total. The van der Waals surface area contributed by atoms with Crippen molar-refractivity contribution in [3.63, 3.8) is 0 Å². The summed E-state index contributed by atoms with van der Waals surface area (Å²) >= 11 is 0. The number of hydrogen-bond donors (Lipinski definition) is 1. The van der Waals surface area contributed by atoms with Crippen molar-refractivity contribution in [2.24, 2.45) is 0 Å². The second-order valence-electron chi connectivity index (χ2n) is 6.93. The number of anilines is 1. The Kier molecular flexibility index (Phi) is 4.78. The molecule has 23 heavy (non-hydrogen) atoms. The van der Waals surface area contributed by atoms with Crippen molar-refractivity contribution in [3.8, 4) is 0 Å². The van der Waals surface area contributed by atoms with Crippen LogP contribution in [0.3, 0.4) is 0 Å². The normalized spacial score (nSPS) is 11.7. The Balaban J connectivity index is 2.47. The van der Waals surface area contributed by atoms with Gasteiger partial charge in [0.05, 0.1) is 0 Å². The van der Waals surface area contributed by atoms with E-state index in [1.54, 1.807) is 0 Å². The maximum atomic E-state index is 12.6. The standard InChI is InChI=1S/C18H25N3O2/c1-12(2)16-20-15(19)14(17(22)23-18(3,4)5)21(16)11-13-9-7-6-8-10-13/h6-10,12H,11,19H2,1-5H3. The lowest BCUT2D eigenvalue weighted by molar-refractivity contribution is 0.00591. The van der Waals surface area contributed by atoms with Gasteiger partial charge in [0.15, 0.2) is 11.5 Å². The summed E-state index contributed by atoms with van der Waals surface area (Å²) in [4.78, 5) is 17.0. The van der Waals surface area contributed by atoms with E-state index in [2.05, 4.69) is 4.98 Å². The van der Waals surface area contributed by atoms with E-state index < -0.39 is 11.6 Å². The highest BCUT2D eigenvalue weighted by molar-refractivity contribution is 5.93. The Morgan fingerprint density at radius 2 is 1.87 bits per heavy atom. The van der Waals surface area contributed by atoms with Gasteiger partial charge in [0, 0.05) is 12.5 Å². The smallest absolute Gasteiger partial charge is 0.359 e. The minimum atomic E-state index is -0.580. The van der Waals surface area contributed by atoms with Crippen molar-refractivity contribution in [2.75, 3.05) is 5.73 Å². The molecule has 0 atom stereocenters. The maximum Gasteiger partial charge on any atom is 0.359 e. The van der Waals surface area contributed by atoms with E-state index in [1.165, 1.54) is 0 Å². The van der Waals surface area contributed by atoms with Crippen LogP contribution in [0.1, 0.15) is 62.4 Å². The number of nitrogen functional groups attached to an aromatic ring is 1. The van der Waals surface area contributed by atoms with E-state index in [-0.39, 0.29) is 11.7 Å². The van der Waals surface area contributed by atoms with Gasteiger partial charge in [-0.05, 0) is 26.3 Å². The largest absolute Gasteiger partial charge is 0.455 e. The molecule has 5 heteroatoms. The van der Waals surface area contributed by atoms with Gasteiger partial charge >= 0.3 is 5.97 Å². The number of benzene rings is 1. The Morgan fingerprint density at radius 3 is 2.39 bits per heavy atom. The zero-order valence-corrected chi connectivity index (χ0v) is 14.5. The number of hydrogen-bond acceptors (Lipinski definition) is 4. The maximum absolute atomic E-state index is 12.6. The Morgan fingerprint density at radius 1 is 1.26 bits per heavy atom. The van der Waals surface area contributed by atoms with Crippen molar-refractivity contribution in [1.29, 1.82) is 0 Å². The van der Waals surface area contributed by atoms with E-state index in [0.29, 0.717) is 12.2 Å². The van der Waals surface area contributed by atoms with Crippen molar-refractivity contribution in [3.05, 3.63) is 47.4 Å². The molecule has 0 unspecified atom stereocenters. The Bertz CT molecular complexity index is 682. The van der Waals surface area contributed by atoms with E-state index >= 15 is 0 Å². The number of rotatable bonds is 4. The molecule has 0 aliphatic heterocycles. The van der Waals surface area contributed by atoms with Crippen LogP contribution >= 0.6 is 0 Å². The summed E-state index contributed by atoms with van der Waals surface area (Å²) in [6.07, 6.45) is 0. The van der Waals surface area contributed by atoms with Crippen molar-refractivity contribution >= 4 is 11.8 Å². The van der Waals surface area contributed by atoms with Gasteiger partial charge in [0.1, 0.15) is 11.4 Å². The molecule has 124 valence electrons. The van der Waals surface area contributed by atoms with Gasteiger partial charge in [-0.15, -0.1) is 0 Å². The topological polar surface area (TPSA) is 70.1 Å². The number of nitrogens with zero attached hydrogens (tertiary/aromatic N) is 2. The third-order valence-corrected chi connectivity index (χ3v) is 3.32. The summed E-state index contributed by atoms with van der Waals surface area (Å²) in [5.41, 5.74) is 6.85. The van der Waals surface area contributed by atoms with Gasteiger partial charge in [-0.2, -0.15) is 0 Å². The lowest BCUT2D eigenvalue weighted by atomic mass is 10.1. The Hall–Kier alpha value is -2.30. The number of carbonyl (C=O) groups is 1. The molecule has 1 heterocycles. The van der Waals surface area contributed by atoms with Gasteiger partial charge in [-0.3, -0.25) is 0 Å². The average molecular weight is 315 g/mol. The number of imidazole rings is 1. The molecule has 1 aromatic heterocycles. The second-order valence-corrected chi connectivity index (χ2v) is 6.93. The summed E-state index contributed by atoms with van der Waals surface area (Å²) in [5.74, 6) is 0.716. The molecule has 2 rings (SSSR count). The van der Waals surface area contributed by atoms with Crippen LogP contribution in [0, 0.1) is 0 Å². The average Bonchev–Trinajstić information content (AvgIpc) is 2.75. The van der Waals surface area contributed by atoms with Crippen LogP contribution < -0.4 is 5.73 Å². The van der Waals surface area contributed by atoms with Crippen molar-refractivity contribution < 1.29 is 9.53 Å². The predicted octanol–water partition coefficient (Wildman–Crippen LogP) is 3.59. The van der Waals surface area contributed by atoms with Gasteiger partial charge in [-0.25, -0.2) is 9.78 Å². The summed E-state index contributed by atoms with van der Waals surface area (Å²) in [7, 11) is 0. The molecule has 5 nitrogen and oxygen atoms in total. The number of esters is 1. The molecule has 0 radical (unpaired) electrons. The first-order valence-corrected chi connectivity index (χ1v) is 7.82. The van der Waals surface area contributed by atoms with E-state index in [0.717, 1.165) is 11.4 Å². The zero-order chi connectivity index (χ0) is 17.2. The fourth-order valence-electron chi connectivity index (χ4n) is 2.40. The molecule has 0 spiro atoms. The van der Waals surface area contributed by atoms with E-state index in [1.807, 2.05) is 69.5 Å². The van der Waals surface area contributed by atoms with Crippen LogP contribution in [-0.2, 0) is 11.3 Å². The highest BCUT2D eigenvalue weighted by atomic mass is 16.6. The van der Waals surface area contributed by atoms with Crippen LogP contribution in [0.5, 0.6) is 0 Å². The zero-order valence-electron chi connectivity index (χ0n) is 14.5. The fraction of sp³-hybridized carbons (Fsp3) is 0.444. The van der Waals surface area contributed by atoms with Crippen LogP contribution in [0.15, 0.2) is 30.3 Å². The Labute approximate surface area is 137 Å². The quantitative estimate of drug-likeness (QED) is 0.875. The van der Waals surface area contributed by atoms with Crippen LogP contribution in [0.4, 0.5) is 5.82 Å². The molecule has 0 bridgehead atoms. The van der Waals surface area contributed by atoms with Crippen LogP contribution in [0.25, 0.3) is 0 Å². The van der Waals surface area contributed by atoms with E-state index in [9.17, 15) is 4.79 Å². The lowest BCUT2D eigenvalue weighted by Crippen LogP contribution is -2.26. The van der Waals surface area contributed by atoms with Gasteiger partial charge < -0.3 is 15.0 Å². The van der Waals surface area contributed by atoms with Crippen LogP contribution in [-0.4, -0.2) is 21.1 Å². The van der Waals surface area contributed by atoms with Gasteiger partial charge in [0.25, 0.3) is 0 Å². The third kappa shape index (κ3) is 4.12. The molecular weight excluding hydrogens is 290 g/mol. The molecule has 0 aliphatic rings. The number of aromatic nitrogens is 2. The van der Waals surface area contributed by atoms with Gasteiger partial charge in [0.2, 0.25) is 0 Å². The molecular formula is C18H25N3O2. The highest BCUT2D eigenvalue weighted by Crippen LogP contribution is 2.24. The highest BCUT2D eigenvalue weighted by Gasteiger charge is 2.27. The number of carbonyl (C=O) groups excluding carboxylic acids is 1. The second kappa shape index (κ2) is 6.44. The lowest BCUT2D eigenvalue weighted by Gasteiger charge is -2.20. The van der Waals surface area contributed by atoms with Crippen LogP contribution in [0.2, 0.25) is 0 Å². The molecule has 0 fully saturated rings. The monoisotopic (exact) mass is 315 g/mol. The fourth-order valence-corrected chi connectivity index (χ4v) is 2.40. The third-order valence-electron chi connectivity index (χ3n) is 3.32. The van der Waals surface area contributed by atoms with E-state index in [4.69, 9.17) is 10.5 Å².